The van der Waals surface area contributed by atoms with Gasteiger partial charge in [-0.15, -0.1) is 11.6 Å². The van der Waals surface area contributed by atoms with Crippen molar-refractivity contribution in [3.8, 4) is 0 Å². The smallest absolute Gasteiger partial charge is 0.119 e. The average molecular weight is 239 g/mol. The molecular weight excluding hydrogens is 228 g/mol. The molecule has 1 aromatic heterocycles. The Kier molecular flexibility index (Phi) is 2.37. The zero-order valence-corrected chi connectivity index (χ0v) is 9.76. The van der Waals surface area contributed by atoms with Crippen molar-refractivity contribution in [2.75, 3.05) is 5.75 Å². The third-order valence-electron chi connectivity index (χ3n) is 2.64. The van der Waals surface area contributed by atoms with Gasteiger partial charge in [-0.3, -0.25) is 0 Å². The summed E-state index contributed by atoms with van der Waals surface area (Å²) in [5.41, 5.74) is 2.29. The molecule has 0 saturated carbocycles. The number of hydrogen-bond donors (Lipinski definition) is 0. The van der Waals surface area contributed by atoms with Crippen LogP contribution in [0.4, 0.5) is 0 Å². The molecule has 1 aromatic carbocycles. The first kappa shape index (κ1) is 9.55. The van der Waals surface area contributed by atoms with Crippen molar-refractivity contribution in [3.05, 3.63) is 30.1 Å². The Morgan fingerprint density at radius 1 is 1.40 bits per heavy atom. The Morgan fingerprint density at radius 3 is 3.20 bits per heavy atom. The molecule has 0 radical (unpaired) electrons. The Morgan fingerprint density at radius 2 is 2.27 bits per heavy atom. The van der Waals surface area contributed by atoms with Crippen molar-refractivity contribution < 1.29 is 0 Å². The molecular formula is C11H11ClN2S. The first-order chi connectivity index (χ1) is 7.34. The predicted molar refractivity (Wildman–Crippen MR) is 65.5 cm³/mol. The monoisotopic (exact) mass is 238 g/mol. The molecule has 2 aromatic rings. The molecule has 0 fully saturated rings. The second kappa shape index (κ2) is 3.72. The van der Waals surface area contributed by atoms with Gasteiger partial charge in [0.05, 0.1) is 22.2 Å². The lowest BCUT2D eigenvalue weighted by molar-refractivity contribution is 0.694. The van der Waals surface area contributed by atoms with Gasteiger partial charge in [-0.2, -0.15) is 11.8 Å². The Hall–Kier alpha value is -0.670. The quantitative estimate of drug-likeness (QED) is 0.657. The lowest BCUT2D eigenvalue weighted by Crippen LogP contribution is -2.11. The van der Waals surface area contributed by atoms with Gasteiger partial charge in [-0.05, 0) is 12.1 Å². The number of halogens is 1. The minimum atomic E-state index is 0.217. The molecule has 0 bridgehead atoms. The van der Waals surface area contributed by atoms with Gasteiger partial charge < -0.3 is 4.57 Å². The maximum absolute atomic E-state index is 6.24. The molecule has 78 valence electrons. The molecule has 2 nitrogen and oxygen atoms in total. The van der Waals surface area contributed by atoms with Crippen molar-refractivity contribution in [3.63, 3.8) is 0 Å². The van der Waals surface area contributed by atoms with Crippen LogP contribution < -0.4 is 0 Å². The van der Waals surface area contributed by atoms with Crippen LogP contribution in [0.2, 0.25) is 0 Å². The van der Waals surface area contributed by atoms with Crippen LogP contribution in [0, 0.1) is 0 Å². The van der Waals surface area contributed by atoms with E-state index in [4.69, 9.17) is 11.6 Å². The van der Waals surface area contributed by atoms with E-state index >= 15 is 0 Å². The first-order valence-corrected chi connectivity index (χ1v) is 6.59. The fourth-order valence-corrected chi connectivity index (χ4v) is 3.26. The summed E-state index contributed by atoms with van der Waals surface area (Å²) in [6.07, 6.45) is 0. The Bertz CT molecular complexity index is 494. The minimum absolute atomic E-state index is 0.217. The van der Waals surface area contributed by atoms with E-state index in [0.717, 1.165) is 29.4 Å². The highest BCUT2D eigenvalue weighted by molar-refractivity contribution is 7.98. The molecule has 2 heterocycles. The number of nitrogens with zero attached hydrogens (tertiary/aromatic N) is 2. The second-order valence-electron chi connectivity index (χ2n) is 3.74. The summed E-state index contributed by atoms with van der Waals surface area (Å²) in [6, 6.07) is 8.26. The lowest BCUT2D eigenvalue weighted by Gasteiger charge is -2.07. The molecule has 3 rings (SSSR count). The maximum atomic E-state index is 6.24. The maximum Gasteiger partial charge on any atom is 0.119 e. The van der Waals surface area contributed by atoms with Crippen LogP contribution in [0.15, 0.2) is 24.3 Å². The average Bonchev–Trinajstić information content (AvgIpc) is 2.47. The van der Waals surface area contributed by atoms with E-state index in [1.165, 1.54) is 5.52 Å². The summed E-state index contributed by atoms with van der Waals surface area (Å²) in [5.74, 6) is 3.14. The minimum Gasteiger partial charge on any atom is -0.326 e. The van der Waals surface area contributed by atoms with Gasteiger partial charge in [0.2, 0.25) is 0 Å². The summed E-state index contributed by atoms with van der Waals surface area (Å²) in [5, 5.41) is 0.217. The van der Waals surface area contributed by atoms with Crippen LogP contribution in [0.25, 0.3) is 11.0 Å². The van der Waals surface area contributed by atoms with E-state index in [1.807, 2.05) is 17.8 Å². The number of para-hydroxylation sites is 2. The van der Waals surface area contributed by atoms with Gasteiger partial charge in [0.1, 0.15) is 5.82 Å². The van der Waals surface area contributed by atoms with Gasteiger partial charge in [-0.25, -0.2) is 4.98 Å². The summed E-state index contributed by atoms with van der Waals surface area (Å²) < 4.78 is 2.26. The van der Waals surface area contributed by atoms with Crippen molar-refractivity contribution in [1.29, 1.82) is 0 Å². The number of alkyl halides is 1. The van der Waals surface area contributed by atoms with Crippen molar-refractivity contribution in [1.82, 2.24) is 9.55 Å². The fraction of sp³-hybridized carbons (Fsp3) is 0.364. The topological polar surface area (TPSA) is 17.8 Å². The summed E-state index contributed by atoms with van der Waals surface area (Å²) >= 11 is 8.10. The molecule has 0 amide bonds. The van der Waals surface area contributed by atoms with E-state index in [1.54, 1.807) is 0 Å². The third kappa shape index (κ3) is 1.64. The van der Waals surface area contributed by atoms with Gasteiger partial charge in [0.25, 0.3) is 0 Å². The Labute approximate surface area is 97.6 Å². The third-order valence-corrected chi connectivity index (χ3v) is 4.22. The number of fused-ring (bicyclic) bond motifs is 3. The van der Waals surface area contributed by atoms with Gasteiger partial charge in [0.15, 0.2) is 0 Å². The molecule has 1 unspecified atom stereocenters. The fourth-order valence-electron chi connectivity index (χ4n) is 1.97. The Balaban J connectivity index is 2.20. The number of imidazole rings is 1. The lowest BCUT2D eigenvalue weighted by atomic mass is 10.3. The van der Waals surface area contributed by atoms with Gasteiger partial charge in [-0.1, -0.05) is 12.1 Å². The van der Waals surface area contributed by atoms with Crippen LogP contribution in [-0.4, -0.2) is 20.7 Å². The molecule has 1 atom stereocenters. The molecule has 0 N–H and O–H groups in total. The van der Waals surface area contributed by atoms with Crippen LogP contribution in [0.1, 0.15) is 5.82 Å². The van der Waals surface area contributed by atoms with Gasteiger partial charge >= 0.3 is 0 Å². The number of aromatic nitrogens is 2. The molecule has 1 aliphatic heterocycles. The van der Waals surface area contributed by atoms with Crippen LogP contribution in [0.3, 0.4) is 0 Å². The number of benzene rings is 1. The van der Waals surface area contributed by atoms with Crippen molar-refractivity contribution in [2.24, 2.45) is 0 Å². The van der Waals surface area contributed by atoms with Gasteiger partial charge in [0, 0.05) is 12.3 Å². The molecule has 4 heteroatoms. The van der Waals surface area contributed by atoms with Crippen LogP contribution >= 0.6 is 23.4 Å². The van der Waals surface area contributed by atoms with E-state index < -0.39 is 0 Å². The highest BCUT2D eigenvalue weighted by atomic mass is 35.5. The van der Waals surface area contributed by atoms with E-state index in [9.17, 15) is 0 Å². The highest BCUT2D eigenvalue weighted by Crippen LogP contribution is 2.25. The van der Waals surface area contributed by atoms with E-state index in [0.29, 0.717) is 0 Å². The van der Waals surface area contributed by atoms with Crippen molar-refractivity contribution >= 4 is 34.4 Å². The summed E-state index contributed by atoms with van der Waals surface area (Å²) in [7, 11) is 0. The molecule has 0 aliphatic carbocycles. The van der Waals surface area contributed by atoms with Crippen LogP contribution in [-0.2, 0) is 12.3 Å². The molecule has 0 spiro atoms. The standard InChI is InChI=1S/C11H11ClN2S/c12-8-5-14-10-4-2-1-3-9(10)13-11(14)7-15-6-8/h1-4,8H,5-7H2. The van der Waals surface area contributed by atoms with Crippen LogP contribution in [0.5, 0.6) is 0 Å². The zero-order valence-electron chi connectivity index (χ0n) is 8.19. The summed E-state index contributed by atoms with van der Waals surface area (Å²) in [4.78, 5) is 4.63. The van der Waals surface area contributed by atoms with E-state index in [-0.39, 0.29) is 5.38 Å². The zero-order chi connectivity index (χ0) is 10.3. The summed E-state index contributed by atoms with van der Waals surface area (Å²) in [6.45, 7) is 0.879. The number of hydrogen-bond acceptors (Lipinski definition) is 2. The SMILES string of the molecule is ClC1CSCc2nc3ccccc3n2C1. The number of thioether (sulfide) groups is 1. The second-order valence-corrected chi connectivity index (χ2v) is 5.39. The highest BCUT2D eigenvalue weighted by Gasteiger charge is 2.17. The van der Waals surface area contributed by atoms with E-state index in [2.05, 4.69) is 27.8 Å². The number of rotatable bonds is 0. The van der Waals surface area contributed by atoms with Crippen molar-refractivity contribution in [2.45, 2.75) is 17.7 Å². The first-order valence-electron chi connectivity index (χ1n) is 5.00. The molecule has 15 heavy (non-hydrogen) atoms. The normalized spacial score (nSPS) is 21.3. The molecule has 1 aliphatic rings. The molecule has 0 saturated heterocycles. The predicted octanol–water partition coefficient (Wildman–Crippen LogP) is 2.89. The largest absolute Gasteiger partial charge is 0.326 e.